The highest BCUT2D eigenvalue weighted by atomic mass is 16.1. The van der Waals surface area contributed by atoms with Crippen LogP contribution in [0.5, 0.6) is 0 Å². The van der Waals surface area contributed by atoms with E-state index in [2.05, 4.69) is 17.6 Å². The maximum absolute atomic E-state index is 11.4. The molecule has 0 heterocycles. The number of amides is 1. The van der Waals surface area contributed by atoms with Gasteiger partial charge in [-0.15, -0.1) is 0 Å². The Morgan fingerprint density at radius 3 is 2.39 bits per heavy atom. The van der Waals surface area contributed by atoms with Crippen molar-refractivity contribution in [3.63, 3.8) is 0 Å². The molecule has 0 aromatic heterocycles. The number of unbranched alkanes of at least 4 members (excludes halogenated alkanes) is 3. The molecule has 106 valence electrons. The zero-order valence-corrected chi connectivity index (χ0v) is 12.1. The lowest BCUT2D eigenvalue weighted by Gasteiger charge is -2.12. The fraction of sp³-hybridized carbons (Fsp3) is 0.857. The first kappa shape index (κ1) is 17.1. The summed E-state index contributed by atoms with van der Waals surface area (Å²) in [4.78, 5) is 22.6. The molecule has 0 aliphatic heterocycles. The minimum Gasteiger partial charge on any atom is -0.356 e. The van der Waals surface area contributed by atoms with Crippen molar-refractivity contribution in [1.82, 2.24) is 10.6 Å². The summed E-state index contributed by atoms with van der Waals surface area (Å²) in [5.41, 5.74) is 0. The van der Waals surface area contributed by atoms with Crippen molar-refractivity contribution in [1.29, 1.82) is 0 Å². The van der Waals surface area contributed by atoms with Crippen LogP contribution in [0, 0.1) is 0 Å². The molecule has 2 N–H and O–H groups in total. The Bertz CT molecular complexity index is 242. The molecule has 0 fully saturated rings. The fourth-order valence-electron chi connectivity index (χ4n) is 1.88. The van der Waals surface area contributed by atoms with Gasteiger partial charge in [-0.1, -0.05) is 19.8 Å². The van der Waals surface area contributed by atoms with Crippen LogP contribution in [0.4, 0.5) is 0 Å². The SMILES string of the molecule is CCCCCC(=O)NCCCC[C@H](NC)C(C)=O. The minimum atomic E-state index is -0.0368. The second-order valence-electron chi connectivity index (χ2n) is 4.75. The van der Waals surface area contributed by atoms with Crippen LogP contribution in [0.3, 0.4) is 0 Å². The molecule has 18 heavy (non-hydrogen) atoms. The van der Waals surface area contributed by atoms with E-state index in [0.717, 1.165) is 45.1 Å². The van der Waals surface area contributed by atoms with Gasteiger partial charge in [0.05, 0.1) is 6.04 Å². The average Bonchev–Trinajstić information content (AvgIpc) is 2.33. The molecular weight excluding hydrogens is 228 g/mol. The van der Waals surface area contributed by atoms with Crippen LogP contribution >= 0.6 is 0 Å². The zero-order chi connectivity index (χ0) is 13.8. The van der Waals surface area contributed by atoms with Gasteiger partial charge >= 0.3 is 0 Å². The smallest absolute Gasteiger partial charge is 0.219 e. The summed E-state index contributed by atoms with van der Waals surface area (Å²) in [5, 5.41) is 5.92. The van der Waals surface area contributed by atoms with Crippen LogP contribution in [0.15, 0.2) is 0 Å². The van der Waals surface area contributed by atoms with Crippen LogP contribution in [0.2, 0.25) is 0 Å². The van der Waals surface area contributed by atoms with E-state index in [-0.39, 0.29) is 17.7 Å². The van der Waals surface area contributed by atoms with Gasteiger partial charge in [-0.05, 0) is 39.7 Å². The van der Waals surface area contributed by atoms with E-state index in [4.69, 9.17) is 0 Å². The van der Waals surface area contributed by atoms with E-state index in [1.807, 2.05) is 7.05 Å². The van der Waals surface area contributed by atoms with Gasteiger partial charge < -0.3 is 10.6 Å². The maximum atomic E-state index is 11.4. The Labute approximate surface area is 111 Å². The van der Waals surface area contributed by atoms with Crippen LogP contribution in [-0.4, -0.2) is 31.3 Å². The monoisotopic (exact) mass is 256 g/mol. The molecule has 0 saturated carbocycles. The number of nitrogens with one attached hydrogen (secondary N) is 2. The highest BCUT2D eigenvalue weighted by Crippen LogP contribution is 2.02. The molecule has 0 saturated heterocycles. The van der Waals surface area contributed by atoms with Crippen molar-refractivity contribution in [2.24, 2.45) is 0 Å². The van der Waals surface area contributed by atoms with Crippen molar-refractivity contribution in [2.45, 2.75) is 64.8 Å². The summed E-state index contributed by atoms with van der Waals surface area (Å²) in [6.07, 6.45) is 6.62. The van der Waals surface area contributed by atoms with Crippen molar-refractivity contribution in [3.05, 3.63) is 0 Å². The summed E-state index contributed by atoms with van der Waals surface area (Å²) in [6.45, 7) is 4.46. The van der Waals surface area contributed by atoms with Gasteiger partial charge in [-0.25, -0.2) is 0 Å². The van der Waals surface area contributed by atoms with Gasteiger partial charge in [-0.2, -0.15) is 0 Å². The number of likely N-dealkylation sites (N-methyl/N-ethyl adjacent to an activating group) is 1. The average molecular weight is 256 g/mol. The lowest BCUT2D eigenvalue weighted by molar-refractivity contribution is -0.121. The standard InChI is InChI=1S/C14H28N2O2/c1-4-5-6-10-14(18)16-11-8-7-9-13(15-3)12(2)17/h13,15H,4-11H2,1-3H3,(H,16,18)/t13-/m0/s1. The number of carbonyl (C=O) groups is 2. The second-order valence-corrected chi connectivity index (χ2v) is 4.75. The predicted molar refractivity (Wildman–Crippen MR) is 74.5 cm³/mol. The number of rotatable bonds is 11. The number of carbonyl (C=O) groups excluding carboxylic acids is 2. The third-order valence-corrected chi connectivity index (χ3v) is 3.09. The second kappa shape index (κ2) is 11.2. The number of ketones is 1. The van der Waals surface area contributed by atoms with Crippen LogP contribution in [0.1, 0.15) is 58.8 Å². The first-order chi connectivity index (χ1) is 8.61. The van der Waals surface area contributed by atoms with Gasteiger partial charge in [0.2, 0.25) is 5.91 Å². The van der Waals surface area contributed by atoms with Crippen molar-refractivity contribution in [2.75, 3.05) is 13.6 Å². The normalized spacial score (nSPS) is 12.2. The molecule has 1 amide bonds. The summed E-state index contributed by atoms with van der Waals surface area (Å²) in [6, 6.07) is -0.0368. The molecule has 4 nitrogen and oxygen atoms in total. The lowest BCUT2D eigenvalue weighted by atomic mass is 10.1. The third-order valence-electron chi connectivity index (χ3n) is 3.09. The number of hydrogen-bond acceptors (Lipinski definition) is 3. The molecule has 0 aliphatic rings. The highest BCUT2D eigenvalue weighted by Gasteiger charge is 2.10. The zero-order valence-electron chi connectivity index (χ0n) is 12.1. The molecular formula is C14H28N2O2. The number of hydrogen-bond donors (Lipinski definition) is 2. The van der Waals surface area contributed by atoms with Crippen molar-refractivity contribution in [3.8, 4) is 0 Å². The first-order valence-electron chi connectivity index (χ1n) is 7.06. The van der Waals surface area contributed by atoms with Crippen LogP contribution in [-0.2, 0) is 9.59 Å². The highest BCUT2D eigenvalue weighted by molar-refractivity contribution is 5.81. The predicted octanol–water partition coefficient (Wildman–Crippen LogP) is 2.03. The Kier molecular flexibility index (Phi) is 10.6. The van der Waals surface area contributed by atoms with Crippen molar-refractivity contribution < 1.29 is 9.59 Å². The molecule has 0 unspecified atom stereocenters. The molecule has 0 aliphatic carbocycles. The molecule has 0 aromatic rings. The fourth-order valence-corrected chi connectivity index (χ4v) is 1.88. The molecule has 0 bridgehead atoms. The van der Waals surface area contributed by atoms with E-state index in [1.54, 1.807) is 6.92 Å². The summed E-state index contributed by atoms with van der Waals surface area (Å²) in [7, 11) is 1.81. The summed E-state index contributed by atoms with van der Waals surface area (Å²) in [5.74, 6) is 0.335. The van der Waals surface area contributed by atoms with Gasteiger partial charge in [0.25, 0.3) is 0 Å². The number of Topliss-reactive ketones (excluding diaryl/α,β-unsaturated/α-hetero) is 1. The first-order valence-corrected chi connectivity index (χ1v) is 7.06. The largest absolute Gasteiger partial charge is 0.356 e. The van der Waals surface area contributed by atoms with Gasteiger partial charge in [0.1, 0.15) is 5.78 Å². The van der Waals surface area contributed by atoms with Crippen LogP contribution < -0.4 is 10.6 Å². The molecule has 0 rings (SSSR count). The molecule has 1 atom stereocenters. The van der Waals surface area contributed by atoms with E-state index < -0.39 is 0 Å². The molecule has 0 aromatic carbocycles. The minimum absolute atomic E-state index is 0.0368. The lowest BCUT2D eigenvalue weighted by Crippen LogP contribution is -2.32. The molecule has 0 radical (unpaired) electrons. The van der Waals surface area contributed by atoms with Gasteiger partial charge in [-0.3, -0.25) is 9.59 Å². The summed E-state index contributed by atoms with van der Waals surface area (Å²) >= 11 is 0. The molecule has 4 heteroatoms. The molecule has 0 spiro atoms. The van der Waals surface area contributed by atoms with Crippen molar-refractivity contribution >= 4 is 11.7 Å². The van der Waals surface area contributed by atoms with E-state index in [1.165, 1.54) is 0 Å². The van der Waals surface area contributed by atoms with E-state index in [9.17, 15) is 9.59 Å². The van der Waals surface area contributed by atoms with E-state index in [0.29, 0.717) is 6.42 Å². The quantitative estimate of drug-likeness (QED) is 0.556. The maximum Gasteiger partial charge on any atom is 0.219 e. The Balaban J connectivity index is 3.44. The Hall–Kier alpha value is -0.900. The third kappa shape index (κ3) is 9.16. The topological polar surface area (TPSA) is 58.2 Å². The Morgan fingerprint density at radius 2 is 1.83 bits per heavy atom. The van der Waals surface area contributed by atoms with Gasteiger partial charge in [0.15, 0.2) is 0 Å². The van der Waals surface area contributed by atoms with Gasteiger partial charge in [0, 0.05) is 13.0 Å². The summed E-state index contributed by atoms with van der Waals surface area (Å²) < 4.78 is 0. The Morgan fingerprint density at radius 1 is 1.11 bits per heavy atom. The van der Waals surface area contributed by atoms with Crippen LogP contribution in [0.25, 0.3) is 0 Å². The van der Waals surface area contributed by atoms with E-state index >= 15 is 0 Å².